The van der Waals surface area contributed by atoms with Gasteiger partial charge in [0.2, 0.25) is 0 Å². The average Bonchev–Trinajstić information content (AvgIpc) is 2.36. The maximum Gasteiger partial charge on any atom is 0.336 e. The highest BCUT2D eigenvalue weighted by molar-refractivity contribution is 6.05. The Kier molecular flexibility index (Phi) is 3.11. The number of carboxylic acid groups (broad SMARTS) is 1. The number of hydrogen-bond acceptors (Lipinski definition) is 2. The van der Waals surface area contributed by atoms with Crippen molar-refractivity contribution in [2.24, 2.45) is 0 Å². The van der Waals surface area contributed by atoms with Crippen molar-refractivity contribution >= 4 is 16.7 Å². The van der Waals surface area contributed by atoms with Crippen LogP contribution >= 0.6 is 0 Å². The van der Waals surface area contributed by atoms with Gasteiger partial charge in [-0.1, -0.05) is 31.2 Å². The van der Waals surface area contributed by atoms with E-state index in [1.165, 1.54) is 0 Å². The van der Waals surface area contributed by atoms with Gasteiger partial charge in [-0.05, 0) is 34.4 Å². The van der Waals surface area contributed by atoms with Crippen LogP contribution in [0.2, 0.25) is 0 Å². The van der Waals surface area contributed by atoms with Crippen molar-refractivity contribution in [1.82, 2.24) is 0 Å². The lowest BCUT2D eigenvalue weighted by Gasteiger charge is -2.09. The van der Waals surface area contributed by atoms with Gasteiger partial charge in [-0.15, -0.1) is 0 Å². The second-order valence-corrected chi connectivity index (χ2v) is 3.97. The number of aryl methyl sites for hydroxylation is 1. The number of carboxylic acids is 1. The molecule has 3 nitrogen and oxygen atoms in total. The van der Waals surface area contributed by atoms with Crippen molar-refractivity contribution in [1.29, 1.82) is 0 Å². The van der Waals surface area contributed by atoms with Crippen LogP contribution < -0.4 is 0 Å². The van der Waals surface area contributed by atoms with Gasteiger partial charge >= 0.3 is 5.97 Å². The Labute approximate surface area is 99.3 Å². The standard InChI is InChI=1S/C14H14O3/c1-2-10-4-5-11-7-9(8-15)3-6-12(11)13(10)14(16)17/h3-7,15H,2,8H2,1H3,(H,16,17). The molecule has 2 N–H and O–H groups in total. The number of aromatic carboxylic acids is 1. The number of carbonyl (C=O) groups is 1. The van der Waals surface area contributed by atoms with Gasteiger partial charge in [0.05, 0.1) is 12.2 Å². The van der Waals surface area contributed by atoms with Crippen molar-refractivity contribution in [3.8, 4) is 0 Å². The van der Waals surface area contributed by atoms with Crippen molar-refractivity contribution in [3.05, 3.63) is 47.0 Å². The molecule has 2 aromatic carbocycles. The van der Waals surface area contributed by atoms with Crippen LogP contribution in [-0.4, -0.2) is 16.2 Å². The number of rotatable bonds is 3. The minimum atomic E-state index is -0.899. The molecule has 0 amide bonds. The molecular formula is C14H14O3. The number of fused-ring (bicyclic) bond motifs is 1. The van der Waals surface area contributed by atoms with Crippen molar-refractivity contribution in [2.75, 3.05) is 0 Å². The third-order valence-electron chi connectivity index (χ3n) is 2.95. The smallest absolute Gasteiger partial charge is 0.336 e. The molecule has 0 aromatic heterocycles. The van der Waals surface area contributed by atoms with Crippen LogP contribution in [0.15, 0.2) is 30.3 Å². The SMILES string of the molecule is CCc1ccc2cc(CO)ccc2c1C(=O)O. The van der Waals surface area contributed by atoms with Crippen molar-refractivity contribution in [2.45, 2.75) is 20.0 Å². The van der Waals surface area contributed by atoms with E-state index in [2.05, 4.69) is 0 Å². The molecule has 0 heterocycles. The molecule has 0 aliphatic carbocycles. The summed E-state index contributed by atoms with van der Waals surface area (Å²) in [5.41, 5.74) is 1.99. The van der Waals surface area contributed by atoms with E-state index in [1.54, 1.807) is 12.1 Å². The van der Waals surface area contributed by atoms with Gasteiger partial charge in [0.1, 0.15) is 0 Å². The van der Waals surface area contributed by atoms with Gasteiger partial charge in [-0.3, -0.25) is 0 Å². The minimum Gasteiger partial charge on any atom is -0.478 e. The fourth-order valence-electron chi connectivity index (χ4n) is 2.07. The Balaban J connectivity index is 2.77. The molecular weight excluding hydrogens is 216 g/mol. The van der Waals surface area contributed by atoms with Crippen LogP contribution in [0.1, 0.15) is 28.4 Å². The summed E-state index contributed by atoms with van der Waals surface area (Å²) in [6.07, 6.45) is 0.694. The van der Waals surface area contributed by atoms with Gasteiger partial charge in [0.15, 0.2) is 0 Å². The first-order valence-electron chi connectivity index (χ1n) is 5.56. The highest BCUT2D eigenvalue weighted by atomic mass is 16.4. The Morgan fingerprint density at radius 3 is 2.59 bits per heavy atom. The summed E-state index contributed by atoms with van der Waals surface area (Å²) in [5, 5.41) is 19.9. The van der Waals surface area contributed by atoms with E-state index in [0.717, 1.165) is 21.9 Å². The summed E-state index contributed by atoms with van der Waals surface area (Å²) in [5.74, 6) is -0.899. The normalized spacial score (nSPS) is 10.7. The molecule has 0 spiro atoms. The summed E-state index contributed by atoms with van der Waals surface area (Å²) in [4.78, 5) is 11.3. The van der Waals surface area contributed by atoms with Crippen LogP contribution in [0.5, 0.6) is 0 Å². The number of aliphatic hydroxyl groups is 1. The van der Waals surface area contributed by atoms with Crippen LogP contribution in [0.4, 0.5) is 0 Å². The highest BCUT2D eigenvalue weighted by Crippen LogP contribution is 2.24. The molecule has 0 bridgehead atoms. The predicted octanol–water partition coefficient (Wildman–Crippen LogP) is 2.59. The number of hydrogen-bond donors (Lipinski definition) is 2. The highest BCUT2D eigenvalue weighted by Gasteiger charge is 2.13. The summed E-state index contributed by atoms with van der Waals surface area (Å²) in [7, 11) is 0. The molecule has 0 saturated carbocycles. The Morgan fingerprint density at radius 2 is 2.00 bits per heavy atom. The lowest BCUT2D eigenvalue weighted by Crippen LogP contribution is -2.03. The first-order chi connectivity index (χ1) is 8.17. The van der Waals surface area contributed by atoms with E-state index in [0.29, 0.717) is 12.0 Å². The maximum absolute atomic E-state index is 11.3. The van der Waals surface area contributed by atoms with Gasteiger partial charge in [-0.2, -0.15) is 0 Å². The third kappa shape index (κ3) is 2.01. The summed E-state index contributed by atoms with van der Waals surface area (Å²) in [6, 6.07) is 9.09. The van der Waals surface area contributed by atoms with Gasteiger partial charge in [0.25, 0.3) is 0 Å². The van der Waals surface area contributed by atoms with Crippen LogP contribution in [-0.2, 0) is 13.0 Å². The van der Waals surface area contributed by atoms with Crippen LogP contribution in [0.25, 0.3) is 10.8 Å². The molecule has 0 aliphatic heterocycles. The molecule has 0 radical (unpaired) electrons. The molecule has 0 fully saturated rings. The third-order valence-corrected chi connectivity index (χ3v) is 2.95. The van der Waals surface area contributed by atoms with E-state index < -0.39 is 5.97 Å². The maximum atomic E-state index is 11.3. The van der Waals surface area contributed by atoms with E-state index in [9.17, 15) is 9.90 Å². The van der Waals surface area contributed by atoms with E-state index in [4.69, 9.17) is 5.11 Å². The summed E-state index contributed by atoms with van der Waals surface area (Å²) in [6.45, 7) is 1.91. The van der Waals surface area contributed by atoms with Crippen molar-refractivity contribution in [3.63, 3.8) is 0 Å². The zero-order valence-corrected chi connectivity index (χ0v) is 9.60. The molecule has 2 aromatic rings. The Hall–Kier alpha value is -1.87. The summed E-state index contributed by atoms with van der Waals surface area (Å²) < 4.78 is 0. The Morgan fingerprint density at radius 1 is 1.24 bits per heavy atom. The second-order valence-electron chi connectivity index (χ2n) is 3.97. The molecule has 2 rings (SSSR count). The Bertz CT molecular complexity index is 573. The van der Waals surface area contributed by atoms with E-state index in [1.807, 2.05) is 25.1 Å². The summed E-state index contributed by atoms with van der Waals surface area (Å²) >= 11 is 0. The monoisotopic (exact) mass is 230 g/mol. The molecule has 0 atom stereocenters. The molecule has 3 heteroatoms. The minimum absolute atomic E-state index is 0.0339. The zero-order chi connectivity index (χ0) is 12.4. The van der Waals surface area contributed by atoms with Gasteiger partial charge in [0, 0.05) is 0 Å². The average molecular weight is 230 g/mol. The molecule has 0 aliphatic rings. The van der Waals surface area contributed by atoms with Gasteiger partial charge < -0.3 is 10.2 Å². The topological polar surface area (TPSA) is 57.5 Å². The quantitative estimate of drug-likeness (QED) is 0.852. The fourth-order valence-corrected chi connectivity index (χ4v) is 2.07. The molecule has 0 unspecified atom stereocenters. The lowest BCUT2D eigenvalue weighted by molar-refractivity contribution is 0.0698. The number of benzene rings is 2. The molecule has 0 saturated heterocycles. The van der Waals surface area contributed by atoms with Crippen LogP contribution in [0, 0.1) is 0 Å². The van der Waals surface area contributed by atoms with Crippen molar-refractivity contribution < 1.29 is 15.0 Å². The molecule has 88 valence electrons. The lowest BCUT2D eigenvalue weighted by atomic mass is 9.96. The van der Waals surface area contributed by atoms with E-state index in [-0.39, 0.29) is 6.61 Å². The molecule has 17 heavy (non-hydrogen) atoms. The number of aliphatic hydroxyl groups excluding tert-OH is 1. The van der Waals surface area contributed by atoms with Crippen LogP contribution in [0.3, 0.4) is 0 Å². The predicted molar refractivity (Wildman–Crippen MR) is 66.2 cm³/mol. The van der Waals surface area contributed by atoms with Gasteiger partial charge in [-0.25, -0.2) is 4.79 Å². The van der Waals surface area contributed by atoms with E-state index >= 15 is 0 Å². The largest absolute Gasteiger partial charge is 0.478 e. The fraction of sp³-hybridized carbons (Fsp3) is 0.214. The first-order valence-corrected chi connectivity index (χ1v) is 5.56. The zero-order valence-electron chi connectivity index (χ0n) is 9.60. The second kappa shape index (κ2) is 4.55. The first kappa shape index (κ1) is 11.6.